The molecule has 0 fully saturated rings. The van der Waals surface area contributed by atoms with Gasteiger partial charge in [0.2, 0.25) is 0 Å². The van der Waals surface area contributed by atoms with Crippen LogP contribution in [0.5, 0.6) is 11.5 Å². The molecule has 0 N–H and O–H groups in total. The van der Waals surface area contributed by atoms with Gasteiger partial charge in [-0.1, -0.05) is 67.8 Å². The smallest absolute Gasteiger partial charge is 0.330 e. The third-order valence-corrected chi connectivity index (χ3v) is 8.41. The summed E-state index contributed by atoms with van der Waals surface area (Å²) in [6.45, 7) is 7.51. The Morgan fingerprint density at radius 3 is 1.49 bits per heavy atom. The van der Waals surface area contributed by atoms with Crippen molar-refractivity contribution in [2.75, 3.05) is 37.6 Å². The standard InChI is InChI=1S/C43H39NO6S/c1-4-42(45)49-29-27-47-38-21-13-33(14-22-38)41(34-15-23-39(24-16-34)48-28-30-50-43(46)5-2)31-32-11-17-36(18-12-32)44(35-9-7-6-8-10-35)37-19-25-40(51-3)26-20-37/h4-26,31H,1-2,27-30H2,3H3. The van der Waals surface area contributed by atoms with Crippen molar-refractivity contribution in [1.82, 2.24) is 0 Å². The molecule has 0 unspecified atom stereocenters. The van der Waals surface area contributed by atoms with E-state index in [-0.39, 0.29) is 26.4 Å². The van der Waals surface area contributed by atoms with E-state index >= 15 is 0 Å². The Morgan fingerprint density at radius 1 is 0.588 bits per heavy atom. The van der Waals surface area contributed by atoms with E-state index in [9.17, 15) is 9.59 Å². The fourth-order valence-corrected chi connectivity index (χ4v) is 5.57. The van der Waals surface area contributed by atoms with Gasteiger partial charge in [0.15, 0.2) is 0 Å². The van der Waals surface area contributed by atoms with Gasteiger partial charge in [0.25, 0.3) is 0 Å². The monoisotopic (exact) mass is 697 g/mol. The van der Waals surface area contributed by atoms with Crippen molar-refractivity contribution in [1.29, 1.82) is 0 Å². The molecule has 0 atom stereocenters. The predicted octanol–water partition coefficient (Wildman–Crippen LogP) is 9.68. The molecule has 0 heterocycles. The quantitative estimate of drug-likeness (QED) is 0.0313. The lowest BCUT2D eigenvalue weighted by atomic mass is 9.95. The highest BCUT2D eigenvalue weighted by molar-refractivity contribution is 7.98. The molecule has 5 aromatic carbocycles. The number of nitrogens with zero attached hydrogens (tertiary/aromatic N) is 1. The van der Waals surface area contributed by atoms with Crippen LogP contribution < -0.4 is 14.4 Å². The van der Waals surface area contributed by atoms with Gasteiger partial charge in [0.1, 0.15) is 37.9 Å². The first kappa shape index (κ1) is 36.3. The van der Waals surface area contributed by atoms with Crippen molar-refractivity contribution < 1.29 is 28.5 Å². The summed E-state index contributed by atoms with van der Waals surface area (Å²) in [6, 6.07) is 43.0. The van der Waals surface area contributed by atoms with Crippen molar-refractivity contribution in [2.24, 2.45) is 0 Å². The number of ether oxygens (including phenoxy) is 4. The van der Waals surface area contributed by atoms with Gasteiger partial charge in [-0.15, -0.1) is 11.8 Å². The first-order chi connectivity index (χ1) is 25.0. The molecule has 0 aliphatic carbocycles. The Labute approximate surface area is 303 Å². The minimum absolute atomic E-state index is 0.129. The van der Waals surface area contributed by atoms with E-state index in [2.05, 4.69) is 91.1 Å². The Balaban J connectivity index is 1.41. The largest absolute Gasteiger partial charge is 0.490 e. The summed E-state index contributed by atoms with van der Waals surface area (Å²) >= 11 is 1.72. The number of thioether (sulfide) groups is 1. The zero-order chi connectivity index (χ0) is 35.8. The maximum absolute atomic E-state index is 11.3. The predicted molar refractivity (Wildman–Crippen MR) is 206 cm³/mol. The highest BCUT2D eigenvalue weighted by Crippen LogP contribution is 2.36. The van der Waals surface area contributed by atoms with Crippen LogP contribution in [0.2, 0.25) is 0 Å². The summed E-state index contributed by atoms with van der Waals surface area (Å²) in [6.07, 6.45) is 6.48. The van der Waals surface area contributed by atoms with Crippen LogP contribution in [0, 0.1) is 0 Å². The summed E-state index contributed by atoms with van der Waals surface area (Å²) < 4.78 is 21.6. The minimum atomic E-state index is -0.484. The third kappa shape index (κ3) is 10.5. The number of hydrogen-bond donors (Lipinski definition) is 0. The van der Waals surface area contributed by atoms with E-state index in [4.69, 9.17) is 18.9 Å². The Hall–Kier alpha value is -5.99. The topological polar surface area (TPSA) is 74.3 Å². The van der Waals surface area contributed by atoms with Crippen molar-refractivity contribution in [3.05, 3.63) is 169 Å². The second-order valence-electron chi connectivity index (χ2n) is 11.0. The van der Waals surface area contributed by atoms with Crippen LogP contribution in [-0.2, 0) is 19.1 Å². The molecule has 0 aliphatic rings. The van der Waals surface area contributed by atoms with E-state index in [0.29, 0.717) is 11.5 Å². The number of hydrogen-bond acceptors (Lipinski definition) is 8. The number of anilines is 3. The van der Waals surface area contributed by atoms with Crippen LogP contribution in [0.25, 0.3) is 11.6 Å². The lowest BCUT2D eigenvalue weighted by Crippen LogP contribution is -2.10. The Bertz CT molecular complexity index is 1850. The maximum atomic E-state index is 11.3. The molecule has 0 spiro atoms. The molecule has 0 amide bonds. The summed E-state index contributed by atoms with van der Waals surface area (Å²) in [7, 11) is 0. The number of para-hydroxylation sites is 1. The molecule has 0 aromatic heterocycles. The fourth-order valence-electron chi connectivity index (χ4n) is 5.16. The van der Waals surface area contributed by atoms with Gasteiger partial charge in [-0.3, -0.25) is 0 Å². The van der Waals surface area contributed by atoms with E-state index in [1.807, 2.05) is 66.7 Å². The second kappa shape index (κ2) is 18.7. The van der Waals surface area contributed by atoms with Gasteiger partial charge in [-0.25, -0.2) is 9.59 Å². The molecule has 8 heteroatoms. The van der Waals surface area contributed by atoms with Crippen LogP contribution in [-0.4, -0.2) is 44.6 Å². The Kier molecular flexibility index (Phi) is 13.3. The number of carbonyl (C=O) groups excluding carboxylic acids is 2. The molecule has 0 saturated heterocycles. The van der Waals surface area contributed by atoms with Crippen LogP contribution in [0.3, 0.4) is 0 Å². The molecule has 0 bridgehead atoms. The number of esters is 2. The molecule has 51 heavy (non-hydrogen) atoms. The summed E-state index contributed by atoms with van der Waals surface area (Å²) in [5.41, 5.74) is 7.16. The van der Waals surface area contributed by atoms with Gasteiger partial charge >= 0.3 is 11.9 Å². The maximum Gasteiger partial charge on any atom is 0.330 e. The number of rotatable bonds is 17. The SMILES string of the molecule is C=CC(=O)OCCOc1ccc(C(=Cc2ccc(N(c3ccccc3)c3ccc(SC)cc3)cc2)c2ccc(OCCOC(=O)C=C)cc2)cc1. The lowest BCUT2D eigenvalue weighted by Gasteiger charge is -2.25. The third-order valence-electron chi connectivity index (χ3n) is 7.66. The molecule has 0 saturated carbocycles. The van der Waals surface area contributed by atoms with E-state index in [1.54, 1.807) is 11.8 Å². The second-order valence-corrected chi connectivity index (χ2v) is 11.9. The van der Waals surface area contributed by atoms with Crippen LogP contribution in [0.15, 0.2) is 158 Å². The summed E-state index contributed by atoms with van der Waals surface area (Å²) in [5, 5.41) is 0. The van der Waals surface area contributed by atoms with Gasteiger partial charge in [0.05, 0.1) is 0 Å². The fraction of sp³-hybridized carbons (Fsp3) is 0.116. The number of carbonyl (C=O) groups is 2. The lowest BCUT2D eigenvalue weighted by molar-refractivity contribution is -0.139. The van der Waals surface area contributed by atoms with E-state index in [0.717, 1.165) is 51.5 Å². The number of benzene rings is 5. The van der Waals surface area contributed by atoms with Gasteiger partial charge < -0.3 is 23.8 Å². The van der Waals surface area contributed by atoms with Crippen LogP contribution >= 0.6 is 11.8 Å². The summed E-state index contributed by atoms with van der Waals surface area (Å²) in [5.74, 6) is 0.345. The minimum Gasteiger partial charge on any atom is -0.490 e. The van der Waals surface area contributed by atoms with E-state index in [1.165, 1.54) is 4.90 Å². The van der Waals surface area contributed by atoms with Gasteiger partial charge in [-0.2, -0.15) is 0 Å². The molecule has 258 valence electrons. The average Bonchev–Trinajstić information content (AvgIpc) is 3.19. The van der Waals surface area contributed by atoms with E-state index < -0.39 is 11.9 Å². The normalized spacial score (nSPS) is 10.4. The highest BCUT2D eigenvalue weighted by atomic mass is 32.2. The highest BCUT2D eigenvalue weighted by Gasteiger charge is 2.13. The summed E-state index contributed by atoms with van der Waals surface area (Å²) in [4.78, 5) is 26.1. The molecule has 5 aromatic rings. The Morgan fingerprint density at radius 2 is 1.04 bits per heavy atom. The van der Waals surface area contributed by atoms with Gasteiger partial charge in [-0.05, 0) is 107 Å². The molecule has 0 radical (unpaired) electrons. The van der Waals surface area contributed by atoms with Crippen molar-refractivity contribution in [3.63, 3.8) is 0 Å². The van der Waals surface area contributed by atoms with Crippen molar-refractivity contribution in [2.45, 2.75) is 4.90 Å². The molecular formula is C43H39NO6S. The first-order valence-corrected chi connectivity index (χ1v) is 17.6. The van der Waals surface area contributed by atoms with Gasteiger partial charge in [0, 0.05) is 34.1 Å². The average molecular weight is 698 g/mol. The molecule has 0 aliphatic heterocycles. The zero-order valence-corrected chi connectivity index (χ0v) is 29.2. The molecule has 5 rings (SSSR count). The van der Waals surface area contributed by atoms with Crippen molar-refractivity contribution >= 4 is 52.4 Å². The molecular weight excluding hydrogens is 659 g/mol. The van der Waals surface area contributed by atoms with Crippen LogP contribution in [0.4, 0.5) is 17.1 Å². The molecule has 7 nitrogen and oxygen atoms in total. The van der Waals surface area contributed by atoms with Crippen molar-refractivity contribution in [3.8, 4) is 11.5 Å². The first-order valence-electron chi connectivity index (χ1n) is 16.3. The zero-order valence-electron chi connectivity index (χ0n) is 28.4. The van der Waals surface area contributed by atoms with Crippen LogP contribution in [0.1, 0.15) is 16.7 Å².